The van der Waals surface area contributed by atoms with Crippen molar-refractivity contribution >= 4 is 23.6 Å². The van der Waals surface area contributed by atoms with Gasteiger partial charge in [-0.2, -0.15) is 0 Å². The molecule has 2 aromatic carbocycles. The van der Waals surface area contributed by atoms with Crippen LogP contribution in [0, 0.1) is 11.8 Å². The van der Waals surface area contributed by atoms with Gasteiger partial charge in [0.05, 0.1) is 11.6 Å². The number of para-hydroxylation sites is 1. The molecule has 3 N–H and O–H groups in total. The summed E-state index contributed by atoms with van der Waals surface area (Å²) in [6, 6.07) is 14.6. The zero-order valence-corrected chi connectivity index (χ0v) is 24.1. The van der Waals surface area contributed by atoms with E-state index in [4.69, 9.17) is 4.74 Å². The van der Waals surface area contributed by atoms with Crippen molar-refractivity contribution in [2.24, 2.45) is 11.8 Å². The SMILES string of the molecule is CC(C)[C@H]1COc2ccccc2C(=O)N[C@H](C(=O)N(C)CCc2ccccc2)CCC(=O)N[C@H](C(C)C)C(=O)N1. The summed E-state index contributed by atoms with van der Waals surface area (Å²) in [6.07, 6.45) is 0.699. The Morgan fingerprint density at radius 1 is 0.925 bits per heavy atom. The van der Waals surface area contributed by atoms with Gasteiger partial charge in [0, 0.05) is 20.0 Å². The van der Waals surface area contributed by atoms with Crippen LogP contribution in [0.4, 0.5) is 0 Å². The Labute approximate surface area is 237 Å². The molecule has 0 saturated heterocycles. The van der Waals surface area contributed by atoms with Gasteiger partial charge in [-0.1, -0.05) is 70.2 Å². The monoisotopic (exact) mass is 550 g/mol. The first-order valence-electron chi connectivity index (χ1n) is 14.0. The molecule has 0 fully saturated rings. The fourth-order valence-corrected chi connectivity index (χ4v) is 4.50. The average molecular weight is 551 g/mol. The van der Waals surface area contributed by atoms with Crippen LogP contribution in [-0.4, -0.2) is 66.9 Å². The van der Waals surface area contributed by atoms with E-state index in [1.165, 1.54) is 0 Å². The highest BCUT2D eigenvalue weighted by molar-refractivity contribution is 5.99. The van der Waals surface area contributed by atoms with E-state index in [1.54, 1.807) is 36.2 Å². The molecule has 9 nitrogen and oxygen atoms in total. The molecule has 3 rings (SSSR count). The van der Waals surface area contributed by atoms with Gasteiger partial charge in [-0.3, -0.25) is 19.2 Å². The largest absolute Gasteiger partial charge is 0.491 e. The number of nitrogens with one attached hydrogen (secondary N) is 3. The molecule has 9 heteroatoms. The maximum atomic E-state index is 13.5. The highest BCUT2D eigenvalue weighted by Gasteiger charge is 2.30. The first kappa shape index (κ1) is 30.7. The maximum absolute atomic E-state index is 13.5. The molecule has 0 aliphatic carbocycles. The summed E-state index contributed by atoms with van der Waals surface area (Å²) in [7, 11) is 1.69. The van der Waals surface area contributed by atoms with Crippen LogP contribution in [0.3, 0.4) is 0 Å². The number of ether oxygens (including phenoxy) is 1. The number of nitrogens with zero attached hydrogens (tertiary/aromatic N) is 1. The van der Waals surface area contributed by atoms with Crippen LogP contribution < -0.4 is 20.7 Å². The summed E-state index contributed by atoms with van der Waals surface area (Å²) in [5.74, 6) is -1.18. The lowest BCUT2D eigenvalue weighted by Crippen LogP contribution is -2.54. The molecule has 1 heterocycles. The molecule has 0 bridgehead atoms. The van der Waals surface area contributed by atoms with Crippen LogP contribution in [0.15, 0.2) is 54.6 Å². The van der Waals surface area contributed by atoms with Gasteiger partial charge in [0.25, 0.3) is 5.91 Å². The number of amides is 4. The number of carbonyl (C=O) groups excluding carboxylic acids is 4. The molecule has 0 aromatic heterocycles. The standard InChI is InChI=1S/C31H42N4O5/c1-20(2)25-19-40-26-14-10-9-13-23(26)29(37)32-24(15-16-27(36)34-28(21(3)4)30(38)33-25)31(39)35(5)18-17-22-11-7-6-8-12-22/h6-14,20-21,24-25,28H,15-19H2,1-5H3,(H,32,37)(H,33,38)(H,34,36)/t24-,25+,28+/m0/s1. The minimum atomic E-state index is -0.938. The van der Waals surface area contributed by atoms with E-state index >= 15 is 0 Å². The summed E-state index contributed by atoms with van der Waals surface area (Å²) < 4.78 is 6.05. The van der Waals surface area contributed by atoms with Gasteiger partial charge < -0.3 is 25.6 Å². The lowest BCUT2D eigenvalue weighted by Gasteiger charge is -2.27. The van der Waals surface area contributed by atoms with Crippen LogP contribution in [-0.2, 0) is 20.8 Å². The predicted molar refractivity (Wildman–Crippen MR) is 154 cm³/mol. The second-order valence-corrected chi connectivity index (χ2v) is 11.0. The van der Waals surface area contributed by atoms with Crippen molar-refractivity contribution in [1.29, 1.82) is 0 Å². The summed E-state index contributed by atoms with van der Waals surface area (Å²) in [5, 5.41) is 8.68. The second kappa shape index (κ2) is 14.5. The summed E-state index contributed by atoms with van der Waals surface area (Å²) in [4.78, 5) is 54.7. The van der Waals surface area contributed by atoms with Crippen LogP contribution in [0.1, 0.15) is 56.5 Å². The molecule has 40 heavy (non-hydrogen) atoms. The van der Waals surface area contributed by atoms with E-state index in [2.05, 4.69) is 16.0 Å². The first-order valence-corrected chi connectivity index (χ1v) is 14.0. The van der Waals surface area contributed by atoms with Crippen molar-refractivity contribution in [2.75, 3.05) is 20.2 Å². The van der Waals surface area contributed by atoms with Crippen molar-refractivity contribution < 1.29 is 23.9 Å². The van der Waals surface area contributed by atoms with E-state index in [9.17, 15) is 19.2 Å². The van der Waals surface area contributed by atoms with Crippen molar-refractivity contribution in [3.05, 3.63) is 65.7 Å². The lowest BCUT2D eigenvalue weighted by molar-refractivity contribution is -0.133. The normalized spacial score (nSPS) is 20.8. The molecule has 3 atom stereocenters. The third-order valence-corrected chi connectivity index (χ3v) is 7.17. The molecule has 0 unspecified atom stereocenters. The zero-order valence-electron chi connectivity index (χ0n) is 24.1. The number of likely N-dealkylation sites (N-methyl/N-ethyl adjacent to an activating group) is 1. The fraction of sp³-hybridized carbons (Fsp3) is 0.484. The summed E-state index contributed by atoms with van der Waals surface area (Å²) in [6.45, 7) is 8.25. The Morgan fingerprint density at radius 2 is 1.60 bits per heavy atom. The van der Waals surface area contributed by atoms with Crippen molar-refractivity contribution in [2.45, 2.75) is 65.1 Å². The number of hydrogen-bond acceptors (Lipinski definition) is 5. The summed E-state index contributed by atoms with van der Waals surface area (Å²) in [5.41, 5.74) is 1.37. The fourth-order valence-electron chi connectivity index (χ4n) is 4.50. The maximum Gasteiger partial charge on any atom is 0.255 e. The van der Waals surface area contributed by atoms with Crippen LogP contribution in [0.5, 0.6) is 5.75 Å². The highest BCUT2D eigenvalue weighted by Crippen LogP contribution is 2.20. The second-order valence-electron chi connectivity index (χ2n) is 11.0. The number of benzene rings is 2. The molecule has 216 valence electrons. The third kappa shape index (κ3) is 8.56. The Kier molecular flexibility index (Phi) is 11.1. The Balaban J connectivity index is 1.87. The Morgan fingerprint density at radius 3 is 2.27 bits per heavy atom. The smallest absolute Gasteiger partial charge is 0.255 e. The van der Waals surface area contributed by atoms with Gasteiger partial charge in [0.15, 0.2) is 0 Å². The highest BCUT2D eigenvalue weighted by atomic mass is 16.5. The van der Waals surface area contributed by atoms with E-state index in [0.717, 1.165) is 5.56 Å². The number of rotatable bonds is 6. The Bertz CT molecular complexity index is 1170. The molecule has 1 aliphatic heterocycles. The van der Waals surface area contributed by atoms with E-state index < -0.39 is 18.0 Å². The Hall–Kier alpha value is -3.88. The predicted octanol–water partition coefficient (Wildman–Crippen LogP) is 2.94. The van der Waals surface area contributed by atoms with Crippen LogP contribution in [0.2, 0.25) is 0 Å². The van der Waals surface area contributed by atoms with E-state index in [0.29, 0.717) is 18.7 Å². The van der Waals surface area contributed by atoms with Gasteiger partial charge in [-0.25, -0.2) is 0 Å². The minimum absolute atomic E-state index is 0.0362. The topological polar surface area (TPSA) is 117 Å². The van der Waals surface area contributed by atoms with Gasteiger partial charge in [0.1, 0.15) is 24.4 Å². The van der Waals surface area contributed by atoms with Gasteiger partial charge in [-0.15, -0.1) is 0 Å². The third-order valence-electron chi connectivity index (χ3n) is 7.17. The van der Waals surface area contributed by atoms with Gasteiger partial charge in [-0.05, 0) is 42.4 Å². The zero-order chi connectivity index (χ0) is 29.2. The average Bonchev–Trinajstić information content (AvgIpc) is 2.94. The molecule has 0 saturated carbocycles. The molecule has 4 amide bonds. The minimum Gasteiger partial charge on any atom is -0.491 e. The molecule has 1 aliphatic rings. The molecule has 0 radical (unpaired) electrons. The molecular formula is C31H42N4O5. The first-order chi connectivity index (χ1) is 19.1. The number of fused-ring (bicyclic) bond motifs is 1. The van der Waals surface area contributed by atoms with Crippen LogP contribution >= 0.6 is 0 Å². The molecule has 0 spiro atoms. The number of carbonyl (C=O) groups is 4. The molecule has 2 aromatic rings. The van der Waals surface area contributed by atoms with Crippen molar-refractivity contribution in [3.63, 3.8) is 0 Å². The number of hydrogen-bond donors (Lipinski definition) is 3. The summed E-state index contributed by atoms with van der Waals surface area (Å²) >= 11 is 0. The van der Waals surface area contributed by atoms with E-state index in [1.807, 2.05) is 58.0 Å². The van der Waals surface area contributed by atoms with Crippen molar-refractivity contribution in [1.82, 2.24) is 20.9 Å². The van der Waals surface area contributed by atoms with Crippen LogP contribution in [0.25, 0.3) is 0 Å². The van der Waals surface area contributed by atoms with Gasteiger partial charge >= 0.3 is 0 Å². The molecular weight excluding hydrogens is 508 g/mol. The lowest BCUT2D eigenvalue weighted by atomic mass is 10.00. The quantitative estimate of drug-likeness (QED) is 0.511. The van der Waals surface area contributed by atoms with Gasteiger partial charge in [0.2, 0.25) is 17.7 Å². The van der Waals surface area contributed by atoms with E-state index in [-0.39, 0.29) is 60.6 Å². The van der Waals surface area contributed by atoms with Crippen molar-refractivity contribution in [3.8, 4) is 5.75 Å².